The van der Waals surface area contributed by atoms with Crippen LogP contribution in [0.4, 0.5) is 0 Å². The number of pyridine rings is 2. The van der Waals surface area contributed by atoms with E-state index in [0.29, 0.717) is 29.3 Å². The number of tetrazole rings is 1. The van der Waals surface area contributed by atoms with Crippen molar-refractivity contribution in [2.75, 3.05) is 0 Å². The second kappa shape index (κ2) is 8.36. The van der Waals surface area contributed by atoms with Crippen LogP contribution in [0.25, 0.3) is 16.6 Å². The fraction of sp³-hybridized carbons (Fsp3) is 0.125. The first kappa shape index (κ1) is 20.1. The Bertz CT molecular complexity index is 1420. The van der Waals surface area contributed by atoms with Crippen molar-refractivity contribution in [2.24, 2.45) is 0 Å². The van der Waals surface area contributed by atoms with Crippen LogP contribution in [0.2, 0.25) is 5.02 Å². The van der Waals surface area contributed by atoms with Gasteiger partial charge in [-0.25, -0.2) is 0 Å². The maximum atomic E-state index is 13.5. The second-order valence-electron chi connectivity index (χ2n) is 7.63. The lowest BCUT2D eigenvalue weighted by atomic mass is 10.1. The van der Waals surface area contributed by atoms with Crippen molar-refractivity contribution in [1.82, 2.24) is 29.9 Å². The van der Waals surface area contributed by atoms with Crippen LogP contribution in [-0.2, 0) is 13.1 Å². The minimum Gasteiger partial charge on any atom is -0.330 e. The lowest BCUT2D eigenvalue weighted by Gasteiger charge is -2.23. The van der Waals surface area contributed by atoms with Gasteiger partial charge in [0.15, 0.2) is 5.65 Å². The number of carbonyl (C=O) groups is 1. The third kappa shape index (κ3) is 3.78. The van der Waals surface area contributed by atoms with E-state index in [9.17, 15) is 4.79 Å². The Labute approximate surface area is 189 Å². The molecule has 0 saturated carbocycles. The smallest absolute Gasteiger partial charge is 0.254 e. The Morgan fingerprint density at radius 2 is 1.91 bits per heavy atom. The number of aromatic nitrogens is 5. The quantitative estimate of drug-likeness (QED) is 0.401. The first-order valence-corrected chi connectivity index (χ1v) is 10.5. The van der Waals surface area contributed by atoms with E-state index < -0.39 is 0 Å². The van der Waals surface area contributed by atoms with Crippen LogP contribution in [0.5, 0.6) is 0 Å². The molecule has 5 rings (SSSR count). The second-order valence-corrected chi connectivity index (χ2v) is 8.06. The minimum absolute atomic E-state index is 0.111. The average Bonchev–Trinajstić information content (AvgIpc) is 3.30. The predicted octanol–water partition coefficient (Wildman–Crippen LogP) is 4.48. The zero-order valence-corrected chi connectivity index (χ0v) is 18.1. The molecule has 0 aliphatic rings. The van der Waals surface area contributed by atoms with Crippen molar-refractivity contribution in [3.63, 3.8) is 0 Å². The Morgan fingerprint density at radius 1 is 1.06 bits per heavy atom. The molecule has 8 heteroatoms. The molecule has 0 N–H and O–H groups in total. The van der Waals surface area contributed by atoms with E-state index in [1.807, 2.05) is 37.3 Å². The molecule has 158 valence electrons. The Morgan fingerprint density at radius 3 is 2.69 bits per heavy atom. The summed E-state index contributed by atoms with van der Waals surface area (Å²) in [6, 6.07) is 18.8. The molecule has 7 nitrogen and oxygen atoms in total. The van der Waals surface area contributed by atoms with E-state index in [2.05, 4.69) is 26.6 Å². The van der Waals surface area contributed by atoms with E-state index in [-0.39, 0.29) is 5.91 Å². The summed E-state index contributed by atoms with van der Waals surface area (Å²) in [4.78, 5) is 19.4. The third-order valence-electron chi connectivity index (χ3n) is 5.40. The molecular weight excluding hydrogens is 424 g/mol. The number of benzene rings is 2. The van der Waals surface area contributed by atoms with Crippen molar-refractivity contribution >= 4 is 34.1 Å². The monoisotopic (exact) mass is 442 g/mol. The molecule has 1 amide bonds. The summed E-state index contributed by atoms with van der Waals surface area (Å²) >= 11 is 6.02. The zero-order valence-electron chi connectivity index (χ0n) is 17.3. The molecule has 32 heavy (non-hydrogen) atoms. The summed E-state index contributed by atoms with van der Waals surface area (Å²) in [6.07, 6.45) is 3.48. The molecule has 0 fully saturated rings. The van der Waals surface area contributed by atoms with Crippen LogP contribution in [0.3, 0.4) is 0 Å². The number of hydrogen-bond acceptors (Lipinski definition) is 5. The Hall–Kier alpha value is -3.84. The number of rotatable bonds is 5. The standard InChI is InChI=1S/C24H19ClN6O/c1-16-4-2-6-19-12-20(23-27-28-29-31(23)22(16)19)15-30(14-17-5-3-11-26-13-17)24(32)18-7-9-21(25)10-8-18/h2-13H,14-15H2,1H3. The van der Waals surface area contributed by atoms with E-state index in [1.54, 1.807) is 46.1 Å². The summed E-state index contributed by atoms with van der Waals surface area (Å²) < 4.78 is 1.75. The number of nitrogens with zero attached hydrogens (tertiary/aromatic N) is 6. The molecule has 5 aromatic rings. The molecule has 0 aliphatic heterocycles. The number of carbonyl (C=O) groups excluding carboxylic acids is 1. The number of para-hydroxylation sites is 1. The number of halogens is 1. The van der Waals surface area contributed by atoms with Crippen molar-refractivity contribution in [3.05, 3.63) is 100 Å². The first-order chi connectivity index (χ1) is 15.6. The Balaban J connectivity index is 1.59. The van der Waals surface area contributed by atoms with Crippen LogP contribution in [0.15, 0.2) is 73.1 Å². The Kier molecular flexibility index (Phi) is 5.25. The van der Waals surface area contributed by atoms with E-state index in [0.717, 1.165) is 27.6 Å². The van der Waals surface area contributed by atoms with Gasteiger partial charge in [-0.1, -0.05) is 35.9 Å². The van der Waals surface area contributed by atoms with Crippen molar-refractivity contribution < 1.29 is 4.79 Å². The largest absolute Gasteiger partial charge is 0.330 e. The molecule has 0 aliphatic carbocycles. The average molecular weight is 443 g/mol. The topological polar surface area (TPSA) is 76.3 Å². The van der Waals surface area contributed by atoms with Crippen molar-refractivity contribution in [2.45, 2.75) is 20.0 Å². The number of fused-ring (bicyclic) bond motifs is 3. The van der Waals surface area contributed by atoms with Crippen LogP contribution in [-0.4, -0.2) is 35.8 Å². The molecule has 0 radical (unpaired) electrons. The summed E-state index contributed by atoms with van der Waals surface area (Å²) in [6.45, 7) is 2.76. The molecule has 0 saturated heterocycles. The van der Waals surface area contributed by atoms with Gasteiger partial charge in [0.2, 0.25) is 0 Å². The van der Waals surface area contributed by atoms with Gasteiger partial charge in [-0.15, -0.1) is 5.10 Å². The molecule has 0 spiro atoms. The molecule has 2 aromatic carbocycles. The summed E-state index contributed by atoms with van der Waals surface area (Å²) in [5.74, 6) is -0.111. The lowest BCUT2D eigenvalue weighted by molar-refractivity contribution is 0.0730. The van der Waals surface area contributed by atoms with Gasteiger partial charge in [-0.2, -0.15) is 4.52 Å². The molecule has 0 unspecified atom stereocenters. The highest BCUT2D eigenvalue weighted by atomic mass is 35.5. The SMILES string of the molecule is Cc1cccc2cc(CN(Cc3cccnc3)C(=O)c3ccc(Cl)cc3)c3nnnn3c12. The molecule has 3 aromatic heterocycles. The summed E-state index contributed by atoms with van der Waals surface area (Å²) in [5.41, 5.74) is 5.02. The van der Waals surface area contributed by atoms with Crippen LogP contribution < -0.4 is 0 Å². The van der Waals surface area contributed by atoms with E-state index in [4.69, 9.17) is 11.6 Å². The summed E-state index contributed by atoms with van der Waals surface area (Å²) in [5, 5.41) is 13.9. The van der Waals surface area contributed by atoms with Gasteiger partial charge in [-0.05, 0) is 64.9 Å². The molecule has 3 heterocycles. The zero-order chi connectivity index (χ0) is 22.1. The van der Waals surface area contributed by atoms with Gasteiger partial charge in [-0.3, -0.25) is 9.78 Å². The van der Waals surface area contributed by atoms with Crippen molar-refractivity contribution in [3.8, 4) is 0 Å². The van der Waals surface area contributed by atoms with E-state index >= 15 is 0 Å². The highest BCUT2D eigenvalue weighted by molar-refractivity contribution is 6.30. The maximum absolute atomic E-state index is 13.5. The van der Waals surface area contributed by atoms with Gasteiger partial charge in [0.05, 0.1) is 12.1 Å². The third-order valence-corrected chi connectivity index (χ3v) is 5.66. The number of amides is 1. The van der Waals surface area contributed by atoms with Gasteiger partial charge < -0.3 is 4.90 Å². The first-order valence-electron chi connectivity index (χ1n) is 10.1. The van der Waals surface area contributed by atoms with Crippen LogP contribution >= 0.6 is 11.6 Å². The van der Waals surface area contributed by atoms with Crippen LogP contribution in [0.1, 0.15) is 27.0 Å². The minimum atomic E-state index is -0.111. The maximum Gasteiger partial charge on any atom is 0.254 e. The molecule has 0 bridgehead atoms. The predicted molar refractivity (Wildman–Crippen MR) is 122 cm³/mol. The van der Waals surface area contributed by atoms with Gasteiger partial charge in [0.1, 0.15) is 0 Å². The van der Waals surface area contributed by atoms with Crippen molar-refractivity contribution in [1.29, 1.82) is 0 Å². The summed E-state index contributed by atoms with van der Waals surface area (Å²) in [7, 11) is 0. The normalized spacial score (nSPS) is 11.2. The van der Waals surface area contributed by atoms with E-state index in [1.165, 1.54) is 0 Å². The molecular formula is C24H19ClN6O. The fourth-order valence-corrected chi connectivity index (χ4v) is 4.01. The number of hydrogen-bond donors (Lipinski definition) is 0. The van der Waals surface area contributed by atoms with Gasteiger partial charge in [0.25, 0.3) is 5.91 Å². The van der Waals surface area contributed by atoms with Gasteiger partial charge >= 0.3 is 0 Å². The molecule has 0 atom stereocenters. The highest BCUT2D eigenvalue weighted by Gasteiger charge is 2.20. The highest BCUT2D eigenvalue weighted by Crippen LogP contribution is 2.24. The fourth-order valence-electron chi connectivity index (χ4n) is 3.89. The van der Waals surface area contributed by atoms with Gasteiger partial charge in [0, 0.05) is 40.5 Å². The lowest BCUT2D eigenvalue weighted by Crippen LogP contribution is -2.30. The number of aryl methyl sites for hydroxylation is 1. The van der Waals surface area contributed by atoms with Crippen LogP contribution in [0, 0.1) is 6.92 Å².